The second kappa shape index (κ2) is 7.04. The van der Waals surface area contributed by atoms with Crippen molar-refractivity contribution in [1.82, 2.24) is 9.88 Å². The Morgan fingerprint density at radius 3 is 2.75 bits per heavy atom. The van der Waals surface area contributed by atoms with Crippen LogP contribution in [0, 0.1) is 0 Å². The number of H-pyrrole nitrogens is 1. The Balaban J connectivity index is 1.31. The summed E-state index contributed by atoms with van der Waals surface area (Å²) in [6.07, 6.45) is 4.09. The van der Waals surface area contributed by atoms with Gasteiger partial charge in [0.1, 0.15) is 5.75 Å². The largest absolute Gasteiger partial charge is 0.483 e. The van der Waals surface area contributed by atoms with E-state index in [1.54, 1.807) is 0 Å². The molecule has 0 aliphatic heterocycles. The first-order valence-corrected chi connectivity index (χ1v) is 9.74. The number of carbonyl (C=O) groups is 1. The van der Waals surface area contributed by atoms with Crippen LogP contribution in [-0.4, -0.2) is 28.4 Å². The van der Waals surface area contributed by atoms with Gasteiger partial charge >= 0.3 is 0 Å². The Morgan fingerprint density at radius 2 is 1.86 bits per heavy atom. The number of fused-ring (bicyclic) bond motifs is 2. The number of aromatic amines is 1. The Labute approximate surface area is 163 Å². The molecule has 1 N–H and O–H groups in total. The highest BCUT2D eigenvalue weighted by Crippen LogP contribution is 2.30. The van der Waals surface area contributed by atoms with E-state index in [0.717, 1.165) is 40.4 Å². The van der Waals surface area contributed by atoms with Crippen molar-refractivity contribution in [3.05, 3.63) is 78.5 Å². The van der Waals surface area contributed by atoms with Crippen molar-refractivity contribution >= 4 is 27.6 Å². The van der Waals surface area contributed by atoms with Crippen LogP contribution in [-0.2, 0) is 11.3 Å². The van der Waals surface area contributed by atoms with Gasteiger partial charge in [-0.15, -0.1) is 0 Å². The summed E-state index contributed by atoms with van der Waals surface area (Å²) in [5, 5.41) is 3.33. The molecule has 4 heteroatoms. The molecule has 1 aromatic heterocycles. The number of benzene rings is 3. The van der Waals surface area contributed by atoms with Crippen LogP contribution in [0.2, 0.25) is 0 Å². The van der Waals surface area contributed by atoms with E-state index in [-0.39, 0.29) is 12.5 Å². The SMILES string of the molecule is O=C(COc1cccc2ccccc12)N(Cc1ccc2[nH]ccc2c1)C1CC1. The third-order valence-corrected chi connectivity index (χ3v) is 5.38. The third-order valence-electron chi connectivity index (χ3n) is 5.38. The highest BCUT2D eigenvalue weighted by molar-refractivity contribution is 5.88. The molecule has 3 aromatic carbocycles. The first-order valence-electron chi connectivity index (χ1n) is 9.74. The lowest BCUT2D eigenvalue weighted by molar-refractivity contribution is -0.134. The van der Waals surface area contributed by atoms with Crippen LogP contribution in [0.3, 0.4) is 0 Å². The van der Waals surface area contributed by atoms with Gasteiger partial charge in [-0.1, -0.05) is 42.5 Å². The first-order chi connectivity index (χ1) is 13.8. The summed E-state index contributed by atoms with van der Waals surface area (Å²) >= 11 is 0. The summed E-state index contributed by atoms with van der Waals surface area (Å²) in [5.74, 6) is 0.806. The van der Waals surface area contributed by atoms with Crippen LogP contribution in [0.4, 0.5) is 0 Å². The lowest BCUT2D eigenvalue weighted by Gasteiger charge is -2.23. The monoisotopic (exact) mass is 370 g/mol. The highest BCUT2D eigenvalue weighted by Gasteiger charge is 2.32. The fourth-order valence-corrected chi connectivity index (χ4v) is 3.75. The van der Waals surface area contributed by atoms with E-state index in [9.17, 15) is 4.79 Å². The van der Waals surface area contributed by atoms with Crippen molar-refractivity contribution in [1.29, 1.82) is 0 Å². The van der Waals surface area contributed by atoms with Crippen LogP contribution in [0.1, 0.15) is 18.4 Å². The maximum absolute atomic E-state index is 12.9. The van der Waals surface area contributed by atoms with Crippen molar-refractivity contribution in [3.63, 3.8) is 0 Å². The molecule has 5 rings (SSSR count). The van der Waals surface area contributed by atoms with E-state index < -0.39 is 0 Å². The smallest absolute Gasteiger partial charge is 0.261 e. The molecule has 0 atom stereocenters. The Hall–Kier alpha value is -3.27. The topological polar surface area (TPSA) is 45.3 Å². The van der Waals surface area contributed by atoms with Gasteiger partial charge in [0.05, 0.1) is 0 Å². The van der Waals surface area contributed by atoms with Crippen molar-refractivity contribution in [2.45, 2.75) is 25.4 Å². The number of amides is 1. The van der Waals surface area contributed by atoms with E-state index in [0.29, 0.717) is 12.6 Å². The summed E-state index contributed by atoms with van der Waals surface area (Å²) in [4.78, 5) is 18.1. The van der Waals surface area contributed by atoms with Crippen LogP contribution in [0.15, 0.2) is 72.9 Å². The Kier molecular flexibility index (Phi) is 4.24. The van der Waals surface area contributed by atoms with Gasteiger partial charge in [0.15, 0.2) is 6.61 Å². The molecule has 1 saturated carbocycles. The van der Waals surface area contributed by atoms with Crippen molar-refractivity contribution in [2.75, 3.05) is 6.61 Å². The maximum Gasteiger partial charge on any atom is 0.261 e. The molecule has 28 heavy (non-hydrogen) atoms. The molecule has 1 aliphatic rings. The molecule has 0 saturated heterocycles. The molecule has 1 fully saturated rings. The van der Waals surface area contributed by atoms with E-state index in [2.05, 4.69) is 41.4 Å². The van der Waals surface area contributed by atoms with Gasteiger partial charge in [0.2, 0.25) is 0 Å². The summed E-state index contributed by atoms with van der Waals surface area (Å²) in [6.45, 7) is 0.695. The molecule has 1 aliphatic carbocycles. The minimum Gasteiger partial charge on any atom is -0.483 e. The number of rotatable bonds is 6. The number of aromatic nitrogens is 1. The molecule has 4 aromatic rings. The predicted octanol–water partition coefficient (Wildman–Crippen LogP) is 4.89. The van der Waals surface area contributed by atoms with Crippen molar-refractivity contribution in [3.8, 4) is 5.75 Å². The first kappa shape index (κ1) is 16.9. The molecule has 1 heterocycles. The summed E-state index contributed by atoms with van der Waals surface area (Å²) < 4.78 is 5.94. The molecule has 0 bridgehead atoms. The minimum absolute atomic E-state index is 0.0459. The fourth-order valence-electron chi connectivity index (χ4n) is 3.75. The standard InChI is InChI=1S/C24H22N2O2/c27-24(16-28-23-7-3-5-18-4-1-2-6-21(18)23)26(20-9-10-20)15-17-8-11-22-19(14-17)12-13-25-22/h1-8,11-14,20,25H,9-10,15-16H2. The molecule has 0 radical (unpaired) electrons. The number of hydrogen-bond donors (Lipinski definition) is 1. The zero-order valence-corrected chi connectivity index (χ0v) is 15.6. The van der Waals surface area contributed by atoms with Gasteiger partial charge in [-0.25, -0.2) is 0 Å². The van der Waals surface area contributed by atoms with Gasteiger partial charge in [-0.3, -0.25) is 4.79 Å². The van der Waals surface area contributed by atoms with Gasteiger partial charge < -0.3 is 14.6 Å². The molecular weight excluding hydrogens is 348 g/mol. The summed E-state index contributed by atoms with van der Waals surface area (Å²) in [6, 6.07) is 22.7. The van der Waals surface area contributed by atoms with Gasteiger partial charge in [-0.2, -0.15) is 0 Å². The van der Waals surface area contributed by atoms with Gasteiger partial charge in [0, 0.05) is 29.7 Å². The quantitative estimate of drug-likeness (QED) is 0.525. The number of nitrogens with zero attached hydrogens (tertiary/aromatic N) is 1. The van der Waals surface area contributed by atoms with Crippen molar-refractivity contribution in [2.24, 2.45) is 0 Å². The van der Waals surface area contributed by atoms with E-state index in [4.69, 9.17) is 4.74 Å². The third kappa shape index (κ3) is 3.33. The molecule has 4 nitrogen and oxygen atoms in total. The Morgan fingerprint density at radius 1 is 1.00 bits per heavy atom. The number of ether oxygens (including phenoxy) is 1. The normalized spacial score (nSPS) is 13.7. The molecule has 140 valence electrons. The molecule has 0 spiro atoms. The van der Waals surface area contributed by atoms with Crippen LogP contribution in [0.5, 0.6) is 5.75 Å². The van der Waals surface area contributed by atoms with Crippen molar-refractivity contribution < 1.29 is 9.53 Å². The molecule has 1 amide bonds. The molecular formula is C24H22N2O2. The van der Waals surface area contributed by atoms with Crippen LogP contribution >= 0.6 is 0 Å². The van der Waals surface area contributed by atoms with Crippen LogP contribution < -0.4 is 4.74 Å². The zero-order valence-electron chi connectivity index (χ0n) is 15.6. The number of nitrogens with one attached hydrogen (secondary N) is 1. The lowest BCUT2D eigenvalue weighted by Crippen LogP contribution is -2.36. The van der Waals surface area contributed by atoms with E-state index >= 15 is 0 Å². The summed E-state index contributed by atoms with van der Waals surface area (Å²) in [5.41, 5.74) is 2.27. The highest BCUT2D eigenvalue weighted by atomic mass is 16.5. The molecule has 0 unspecified atom stereocenters. The van der Waals surface area contributed by atoms with Gasteiger partial charge in [-0.05, 0) is 53.4 Å². The number of hydrogen-bond acceptors (Lipinski definition) is 2. The Bertz CT molecular complexity index is 1140. The number of carbonyl (C=O) groups excluding carboxylic acids is 1. The fraction of sp³-hybridized carbons (Fsp3) is 0.208. The zero-order chi connectivity index (χ0) is 18.9. The van der Waals surface area contributed by atoms with E-state index in [1.807, 2.05) is 41.4 Å². The average Bonchev–Trinajstić information content (AvgIpc) is 3.46. The maximum atomic E-state index is 12.9. The van der Waals surface area contributed by atoms with E-state index in [1.165, 1.54) is 5.39 Å². The predicted molar refractivity (Wildman–Crippen MR) is 111 cm³/mol. The second-order valence-electron chi connectivity index (χ2n) is 7.42. The minimum atomic E-state index is 0.0459. The lowest BCUT2D eigenvalue weighted by atomic mass is 10.1. The average molecular weight is 370 g/mol. The van der Waals surface area contributed by atoms with Crippen LogP contribution in [0.25, 0.3) is 21.7 Å². The summed E-state index contributed by atoms with van der Waals surface area (Å²) in [7, 11) is 0. The van der Waals surface area contributed by atoms with Gasteiger partial charge in [0.25, 0.3) is 5.91 Å². The second-order valence-corrected chi connectivity index (χ2v) is 7.42.